The minimum atomic E-state index is -0.231. The van der Waals surface area contributed by atoms with E-state index >= 15 is 0 Å². The molecule has 5 heteroatoms. The summed E-state index contributed by atoms with van der Waals surface area (Å²) < 4.78 is 15.9. The Morgan fingerprint density at radius 1 is 1.41 bits per heavy atom. The van der Waals surface area contributed by atoms with Crippen LogP contribution < -0.4 is 5.73 Å². The van der Waals surface area contributed by atoms with Gasteiger partial charge >= 0.3 is 0 Å². The lowest BCUT2D eigenvalue weighted by molar-refractivity contribution is 0.623. The number of hydrogen-bond donors (Lipinski definition) is 1. The third kappa shape index (κ3) is 3.14. The molecule has 17 heavy (non-hydrogen) atoms. The summed E-state index contributed by atoms with van der Waals surface area (Å²) in [5, 5.41) is 0. The Kier molecular flexibility index (Phi) is 3.91. The van der Waals surface area contributed by atoms with Gasteiger partial charge in [0.15, 0.2) is 0 Å². The number of rotatable bonds is 4. The van der Waals surface area contributed by atoms with Crippen molar-refractivity contribution in [2.24, 2.45) is 5.73 Å². The van der Waals surface area contributed by atoms with Crippen molar-refractivity contribution in [1.29, 1.82) is 0 Å². The number of nitrogens with zero attached hydrogens (tertiary/aromatic N) is 2. The van der Waals surface area contributed by atoms with Gasteiger partial charge in [-0.2, -0.15) is 0 Å². The maximum Gasteiger partial charge on any atom is 0.123 e. The zero-order valence-corrected chi connectivity index (χ0v) is 10.8. The Morgan fingerprint density at radius 3 is 3.00 bits per heavy atom. The molecule has 0 bridgehead atoms. The van der Waals surface area contributed by atoms with Gasteiger partial charge in [-0.3, -0.25) is 0 Å². The molecule has 0 aliphatic carbocycles. The molecule has 1 aromatic heterocycles. The van der Waals surface area contributed by atoms with Crippen molar-refractivity contribution >= 4 is 15.9 Å². The normalized spacial score (nSPS) is 10.8. The predicted molar refractivity (Wildman–Crippen MR) is 68.2 cm³/mol. The van der Waals surface area contributed by atoms with Gasteiger partial charge in [0.2, 0.25) is 0 Å². The zero-order valence-electron chi connectivity index (χ0n) is 9.24. The van der Waals surface area contributed by atoms with Gasteiger partial charge in [0.25, 0.3) is 0 Å². The lowest BCUT2D eigenvalue weighted by Crippen LogP contribution is -2.03. The van der Waals surface area contributed by atoms with Crippen LogP contribution in [0.25, 0.3) is 0 Å². The summed E-state index contributed by atoms with van der Waals surface area (Å²) in [5.41, 5.74) is 7.31. The van der Waals surface area contributed by atoms with Crippen molar-refractivity contribution in [2.75, 3.05) is 6.54 Å². The van der Waals surface area contributed by atoms with E-state index in [9.17, 15) is 4.39 Å². The van der Waals surface area contributed by atoms with Crippen LogP contribution in [0, 0.1) is 5.82 Å². The van der Waals surface area contributed by atoms with Crippen LogP contribution in [-0.4, -0.2) is 16.1 Å². The first-order valence-corrected chi connectivity index (χ1v) is 6.13. The van der Waals surface area contributed by atoms with Gasteiger partial charge in [-0.1, -0.05) is 15.9 Å². The van der Waals surface area contributed by atoms with E-state index < -0.39 is 0 Å². The van der Waals surface area contributed by atoms with Crippen molar-refractivity contribution < 1.29 is 4.39 Å². The maximum atomic E-state index is 13.1. The van der Waals surface area contributed by atoms with Crippen molar-refractivity contribution in [2.45, 2.75) is 13.0 Å². The minimum Gasteiger partial charge on any atom is -0.333 e. The van der Waals surface area contributed by atoms with Crippen LogP contribution in [0.3, 0.4) is 0 Å². The molecule has 90 valence electrons. The summed E-state index contributed by atoms with van der Waals surface area (Å²) >= 11 is 3.41. The zero-order chi connectivity index (χ0) is 12.3. The van der Waals surface area contributed by atoms with E-state index in [1.165, 1.54) is 12.1 Å². The first-order chi connectivity index (χ1) is 8.19. The molecule has 0 amide bonds. The van der Waals surface area contributed by atoms with E-state index in [0.29, 0.717) is 13.1 Å². The van der Waals surface area contributed by atoms with Crippen LogP contribution >= 0.6 is 15.9 Å². The van der Waals surface area contributed by atoms with Gasteiger partial charge < -0.3 is 10.3 Å². The van der Waals surface area contributed by atoms with Crippen LogP contribution in [0.4, 0.5) is 4.39 Å². The van der Waals surface area contributed by atoms with E-state index in [1.54, 1.807) is 12.4 Å². The number of imidazole rings is 1. The molecule has 1 heterocycles. The maximum absolute atomic E-state index is 13.1. The number of benzene rings is 1. The second-order valence-corrected chi connectivity index (χ2v) is 4.67. The fraction of sp³-hybridized carbons (Fsp3) is 0.250. The first kappa shape index (κ1) is 12.3. The fourth-order valence-corrected chi connectivity index (χ4v) is 2.00. The van der Waals surface area contributed by atoms with Gasteiger partial charge in [0.1, 0.15) is 5.82 Å². The Labute approximate surface area is 108 Å². The molecule has 0 atom stereocenters. The van der Waals surface area contributed by atoms with E-state index in [1.807, 2.05) is 10.8 Å². The van der Waals surface area contributed by atoms with Crippen LogP contribution in [0.5, 0.6) is 0 Å². The highest BCUT2D eigenvalue weighted by Crippen LogP contribution is 2.19. The van der Waals surface area contributed by atoms with Crippen molar-refractivity contribution in [1.82, 2.24) is 9.55 Å². The molecular weight excluding hydrogens is 285 g/mol. The largest absolute Gasteiger partial charge is 0.333 e. The Morgan fingerprint density at radius 2 is 2.24 bits per heavy atom. The van der Waals surface area contributed by atoms with Crippen molar-refractivity contribution in [3.63, 3.8) is 0 Å². The number of aromatic nitrogens is 2. The minimum absolute atomic E-state index is 0.231. The highest BCUT2D eigenvalue weighted by atomic mass is 79.9. The van der Waals surface area contributed by atoms with Crippen LogP contribution in [-0.2, 0) is 13.0 Å². The summed E-state index contributed by atoms with van der Waals surface area (Å²) in [4.78, 5) is 4.23. The van der Waals surface area contributed by atoms with Gasteiger partial charge in [-0.05, 0) is 30.3 Å². The standard InChI is InChI=1S/C12H13BrFN3/c13-12-2-1-10(14)5-9(12)6-17-7-11(3-4-15)16-8-17/h1-2,5,7-8H,3-4,6,15H2. The highest BCUT2D eigenvalue weighted by Gasteiger charge is 2.04. The third-order valence-electron chi connectivity index (χ3n) is 2.45. The molecule has 0 fully saturated rings. The summed E-state index contributed by atoms with van der Waals surface area (Å²) in [6.07, 6.45) is 4.43. The van der Waals surface area contributed by atoms with Crippen molar-refractivity contribution in [3.05, 3.63) is 52.3 Å². The molecule has 1 aromatic carbocycles. The molecule has 0 aliphatic rings. The quantitative estimate of drug-likeness (QED) is 0.941. The molecule has 0 unspecified atom stereocenters. The van der Waals surface area contributed by atoms with Gasteiger partial charge in [0, 0.05) is 23.6 Å². The number of halogens is 2. The molecule has 3 nitrogen and oxygen atoms in total. The third-order valence-corrected chi connectivity index (χ3v) is 3.22. The number of nitrogens with two attached hydrogens (primary N) is 1. The summed E-state index contributed by atoms with van der Waals surface area (Å²) in [6, 6.07) is 4.66. The summed E-state index contributed by atoms with van der Waals surface area (Å²) in [5.74, 6) is -0.231. The first-order valence-electron chi connectivity index (χ1n) is 5.33. The number of hydrogen-bond acceptors (Lipinski definition) is 2. The molecule has 2 N–H and O–H groups in total. The molecule has 2 aromatic rings. The molecule has 0 saturated heterocycles. The monoisotopic (exact) mass is 297 g/mol. The highest BCUT2D eigenvalue weighted by molar-refractivity contribution is 9.10. The smallest absolute Gasteiger partial charge is 0.123 e. The second-order valence-electron chi connectivity index (χ2n) is 3.81. The molecule has 0 saturated carbocycles. The summed E-state index contributed by atoms with van der Waals surface area (Å²) in [6.45, 7) is 1.18. The van der Waals surface area contributed by atoms with E-state index in [0.717, 1.165) is 22.2 Å². The predicted octanol–water partition coefficient (Wildman–Crippen LogP) is 2.33. The molecular formula is C12H13BrFN3. The SMILES string of the molecule is NCCc1cn(Cc2cc(F)ccc2Br)cn1. The average molecular weight is 298 g/mol. The lowest BCUT2D eigenvalue weighted by Gasteiger charge is -2.05. The molecule has 0 radical (unpaired) electrons. The average Bonchev–Trinajstić information content (AvgIpc) is 2.72. The molecule has 0 spiro atoms. The second kappa shape index (κ2) is 5.42. The van der Waals surface area contributed by atoms with Crippen molar-refractivity contribution in [3.8, 4) is 0 Å². The topological polar surface area (TPSA) is 43.8 Å². The van der Waals surface area contributed by atoms with Crippen LogP contribution in [0.2, 0.25) is 0 Å². The molecule has 0 aliphatic heterocycles. The van der Waals surface area contributed by atoms with Crippen LogP contribution in [0.15, 0.2) is 35.2 Å². The van der Waals surface area contributed by atoms with Gasteiger partial charge in [-0.15, -0.1) is 0 Å². The van der Waals surface area contributed by atoms with Gasteiger partial charge in [0.05, 0.1) is 12.0 Å². The Balaban J connectivity index is 2.16. The molecule has 2 rings (SSSR count). The van der Waals surface area contributed by atoms with E-state index in [-0.39, 0.29) is 5.82 Å². The van der Waals surface area contributed by atoms with Crippen LogP contribution in [0.1, 0.15) is 11.3 Å². The summed E-state index contributed by atoms with van der Waals surface area (Å²) in [7, 11) is 0. The van der Waals surface area contributed by atoms with Gasteiger partial charge in [-0.25, -0.2) is 9.37 Å². The van der Waals surface area contributed by atoms with E-state index in [2.05, 4.69) is 20.9 Å². The Bertz CT molecular complexity index is 510. The fourth-order valence-electron chi connectivity index (χ4n) is 1.63. The lowest BCUT2D eigenvalue weighted by atomic mass is 10.2. The Hall–Kier alpha value is -1.20. The van der Waals surface area contributed by atoms with E-state index in [4.69, 9.17) is 5.73 Å².